The number of halogens is 1. The van der Waals surface area contributed by atoms with Crippen molar-refractivity contribution in [3.05, 3.63) is 101 Å². The molecular formula is C32H38FN3O4S. The van der Waals surface area contributed by atoms with Crippen LogP contribution >= 0.6 is 0 Å². The van der Waals surface area contributed by atoms with Gasteiger partial charge in [-0.15, -0.1) is 0 Å². The van der Waals surface area contributed by atoms with Crippen molar-refractivity contribution in [2.75, 3.05) is 17.1 Å². The highest BCUT2D eigenvalue weighted by atomic mass is 32.2. The molecule has 1 N–H and O–H groups in total. The summed E-state index contributed by atoms with van der Waals surface area (Å²) < 4.78 is 42.0. The molecule has 0 unspecified atom stereocenters. The molecular weight excluding hydrogens is 541 g/mol. The zero-order valence-corrected chi connectivity index (χ0v) is 24.7. The van der Waals surface area contributed by atoms with Crippen molar-refractivity contribution in [1.82, 2.24) is 10.2 Å². The summed E-state index contributed by atoms with van der Waals surface area (Å²) in [5, 5.41) is 3.11. The normalized spacial score (nSPS) is 14.4. The van der Waals surface area contributed by atoms with Crippen LogP contribution in [0.2, 0.25) is 0 Å². The maximum atomic E-state index is 14.9. The molecule has 0 spiro atoms. The highest BCUT2D eigenvalue weighted by Crippen LogP contribution is 2.26. The number of benzene rings is 3. The third-order valence-electron chi connectivity index (χ3n) is 7.80. The molecule has 3 aromatic rings. The zero-order valence-electron chi connectivity index (χ0n) is 23.8. The maximum Gasteiger partial charge on any atom is 0.244 e. The number of amides is 2. The number of carbonyl (C=O) groups excluding carboxylic acids is 2. The molecule has 1 fully saturated rings. The number of hydrogen-bond acceptors (Lipinski definition) is 4. The van der Waals surface area contributed by atoms with E-state index in [0.29, 0.717) is 5.69 Å². The quantitative estimate of drug-likeness (QED) is 0.350. The Kier molecular flexibility index (Phi) is 9.81. The van der Waals surface area contributed by atoms with Gasteiger partial charge in [-0.05, 0) is 55.5 Å². The third-order valence-corrected chi connectivity index (χ3v) is 8.92. The van der Waals surface area contributed by atoms with Crippen LogP contribution in [0.5, 0.6) is 0 Å². The number of anilines is 1. The van der Waals surface area contributed by atoms with Crippen LogP contribution in [-0.4, -0.2) is 50.0 Å². The lowest BCUT2D eigenvalue weighted by Gasteiger charge is -2.34. The van der Waals surface area contributed by atoms with E-state index in [4.69, 9.17) is 0 Å². The molecule has 4 rings (SSSR count). The van der Waals surface area contributed by atoms with E-state index in [-0.39, 0.29) is 30.5 Å². The standard InChI is InChI=1S/C32H38FN3O4S/c1-23-12-11-19-29(24(23)2)36(41(3,39)40)22-31(37)35(21-26-15-7-10-18-28(26)33)30(20-25-13-5-4-6-14-25)32(38)34-27-16-8-9-17-27/h4-7,10-15,18-19,27,30H,8-9,16-17,20-22H2,1-3H3,(H,34,38)/t30-/m1/s1. The summed E-state index contributed by atoms with van der Waals surface area (Å²) in [6.07, 6.45) is 5.01. The Bertz CT molecular complexity index is 1470. The van der Waals surface area contributed by atoms with Crippen LogP contribution in [0.3, 0.4) is 0 Å². The topological polar surface area (TPSA) is 86.8 Å². The first-order valence-electron chi connectivity index (χ1n) is 14.0. The van der Waals surface area contributed by atoms with Gasteiger partial charge in [0.1, 0.15) is 18.4 Å². The van der Waals surface area contributed by atoms with Crippen LogP contribution in [0.1, 0.15) is 47.9 Å². The fourth-order valence-corrected chi connectivity index (χ4v) is 6.23. The van der Waals surface area contributed by atoms with Crippen LogP contribution in [0.4, 0.5) is 10.1 Å². The van der Waals surface area contributed by atoms with Gasteiger partial charge < -0.3 is 10.2 Å². The average Bonchev–Trinajstić information content (AvgIpc) is 3.45. The summed E-state index contributed by atoms with van der Waals surface area (Å²) >= 11 is 0. The number of rotatable bonds is 11. The van der Waals surface area contributed by atoms with E-state index < -0.39 is 34.3 Å². The molecule has 0 aromatic heterocycles. The van der Waals surface area contributed by atoms with E-state index in [1.807, 2.05) is 43.3 Å². The highest BCUT2D eigenvalue weighted by Gasteiger charge is 2.35. The molecule has 218 valence electrons. The molecule has 2 amide bonds. The molecule has 1 atom stereocenters. The van der Waals surface area contributed by atoms with Crippen molar-refractivity contribution >= 4 is 27.5 Å². The predicted octanol–water partition coefficient (Wildman–Crippen LogP) is 4.91. The van der Waals surface area contributed by atoms with Gasteiger partial charge >= 0.3 is 0 Å². The first-order valence-corrected chi connectivity index (χ1v) is 15.8. The van der Waals surface area contributed by atoms with Crippen molar-refractivity contribution in [1.29, 1.82) is 0 Å². The second kappa shape index (κ2) is 13.3. The lowest BCUT2D eigenvalue weighted by atomic mass is 10.0. The Morgan fingerprint density at radius 3 is 2.27 bits per heavy atom. The van der Waals surface area contributed by atoms with E-state index in [9.17, 15) is 22.4 Å². The summed E-state index contributed by atoms with van der Waals surface area (Å²) in [7, 11) is -3.88. The summed E-state index contributed by atoms with van der Waals surface area (Å²) in [6.45, 7) is 2.96. The van der Waals surface area contributed by atoms with Gasteiger partial charge in [0.25, 0.3) is 0 Å². The van der Waals surface area contributed by atoms with Crippen molar-refractivity contribution in [2.45, 2.75) is 64.6 Å². The molecule has 0 aliphatic heterocycles. The van der Waals surface area contributed by atoms with Crippen molar-refractivity contribution in [3.8, 4) is 0 Å². The van der Waals surface area contributed by atoms with Crippen molar-refractivity contribution in [3.63, 3.8) is 0 Å². The van der Waals surface area contributed by atoms with Crippen molar-refractivity contribution in [2.24, 2.45) is 0 Å². The predicted molar refractivity (Wildman–Crippen MR) is 159 cm³/mol. The molecule has 0 saturated heterocycles. The average molecular weight is 580 g/mol. The zero-order chi connectivity index (χ0) is 29.6. The second-order valence-electron chi connectivity index (χ2n) is 10.8. The SMILES string of the molecule is Cc1cccc(N(CC(=O)N(Cc2ccccc2F)[C@H](Cc2ccccc2)C(=O)NC2CCCC2)S(C)(=O)=O)c1C. The number of nitrogens with one attached hydrogen (secondary N) is 1. The molecule has 0 radical (unpaired) electrons. The lowest BCUT2D eigenvalue weighted by Crippen LogP contribution is -2.54. The molecule has 0 heterocycles. The molecule has 3 aromatic carbocycles. The Morgan fingerprint density at radius 2 is 1.61 bits per heavy atom. The van der Waals surface area contributed by atoms with E-state index in [0.717, 1.165) is 52.9 Å². The lowest BCUT2D eigenvalue weighted by molar-refractivity contribution is -0.140. The van der Waals surface area contributed by atoms with Crippen LogP contribution in [0.25, 0.3) is 0 Å². The summed E-state index contributed by atoms with van der Waals surface area (Å²) in [6, 6.07) is 19.7. The monoisotopic (exact) mass is 579 g/mol. The summed E-state index contributed by atoms with van der Waals surface area (Å²) in [5.41, 5.74) is 3.07. The fourth-order valence-electron chi connectivity index (χ4n) is 5.33. The van der Waals surface area contributed by atoms with E-state index in [2.05, 4.69) is 5.32 Å². The number of sulfonamides is 1. The minimum absolute atomic E-state index is 0.00801. The second-order valence-corrected chi connectivity index (χ2v) is 12.7. The van der Waals surface area contributed by atoms with Crippen LogP contribution in [0.15, 0.2) is 72.8 Å². The molecule has 1 aliphatic rings. The van der Waals surface area contributed by atoms with Gasteiger partial charge in [-0.25, -0.2) is 12.8 Å². The van der Waals surface area contributed by atoms with Gasteiger partial charge in [-0.3, -0.25) is 13.9 Å². The Labute approximate surface area is 242 Å². The molecule has 1 saturated carbocycles. The smallest absolute Gasteiger partial charge is 0.244 e. The molecule has 7 nitrogen and oxygen atoms in total. The van der Waals surface area contributed by atoms with E-state index >= 15 is 0 Å². The maximum absolute atomic E-state index is 14.9. The Hall–Kier alpha value is -3.72. The first kappa shape index (κ1) is 30.2. The largest absolute Gasteiger partial charge is 0.352 e. The van der Waals surface area contributed by atoms with Crippen LogP contribution in [-0.2, 0) is 32.6 Å². The van der Waals surface area contributed by atoms with Gasteiger partial charge in [0.2, 0.25) is 21.8 Å². The number of carbonyl (C=O) groups is 2. The minimum Gasteiger partial charge on any atom is -0.352 e. The molecule has 9 heteroatoms. The van der Waals surface area contributed by atoms with Crippen molar-refractivity contribution < 1.29 is 22.4 Å². The Balaban J connectivity index is 1.75. The van der Waals surface area contributed by atoms with Gasteiger partial charge in [0.15, 0.2) is 0 Å². The summed E-state index contributed by atoms with van der Waals surface area (Å²) in [5.74, 6) is -1.43. The first-order chi connectivity index (χ1) is 19.5. The third kappa shape index (κ3) is 7.73. The van der Waals surface area contributed by atoms with Gasteiger partial charge in [-0.1, -0.05) is 73.5 Å². The molecule has 0 bridgehead atoms. The van der Waals surface area contributed by atoms with Crippen LogP contribution < -0.4 is 9.62 Å². The number of aryl methyl sites for hydroxylation is 1. The van der Waals surface area contributed by atoms with Gasteiger partial charge in [0.05, 0.1) is 11.9 Å². The van der Waals surface area contributed by atoms with Gasteiger partial charge in [-0.2, -0.15) is 0 Å². The highest BCUT2D eigenvalue weighted by molar-refractivity contribution is 7.92. The van der Waals surface area contributed by atoms with Crippen LogP contribution in [0, 0.1) is 19.7 Å². The fraction of sp³-hybridized carbons (Fsp3) is 0.375. The van der Waals surface area contributed by atoms with E-state index in [1.165, 1.54) is 11.0 Å². The Morgan fingerprint density at radius 1 is 0.951 bits per heavy atom. The van der Waals surface area contributed by atoms with Gasteiger partial charge in [0, 0.05) is 24.6 Å². The molecule has 41 heavy (non-hydrogen) atoms. The molecule has 1 aliphatic carbocycles. The number of nitrogens with zero attached hydrogens (tertiary/aromatic N) is 2. The minimum atomic E-state index is -3.88. The van der Waals surface area contributed by atoms with E-state index in [1.54, 1.807) is 37.3 Å². The number of hydrogen-bond donors (Lipinski definition) is 1. The summed E-state index contributed by atoms with van der Waals surface area (Å²) in [4.78, 5) is 29.4.